The normalized spacial score (nSPS) is 26.2. The smallest absolute Gasteiger partial charge is 0.433 e. The highest BCUT2D eigenvalue weighted by Gasteiger charge is 2.34. The van der Waals surface area contributed by atoms with Crippen LogP contribution in [0.4, 0.5) is 4.79 Å². The molecule has 0 aromatic heterocycles. The standard InChI is InChI=1S/C10H16O4/c1-10(5-12-8-3-2-4-8)6-13-9(11)14-7-10/h8H,2-7H2,1H3. The zero-order valence-electron chi connectivity index (χ0n) is 8.45. The van der Waals surface area contributed by atoms with Crippen LogP contribution in [-0.2, 0) is 14.2 Å². The third-order valence-corrected chi connectivity index (χ3v) is 2.80. The predicted octanol–water partition coefficient (Wildman–Crippen LogP) is 1.73. The van der Waals surface area contributed by atoms with Crippen molar-refractivity contribution < 1.29 is 19.0 Å². The fourth-order valence-corrected chi connectivity index (χ4v) is 1.49. The SMILES string of the molecule is CC1(COC2CCC2)COC(=O)OC1. The second-order valence-corrected chi connectivity index (χ2v) is 4.50. The van der Waals surface area contributed by atoms with Crippen molar-refractivity contribution in [3.05, 3.63) is 0 Å². The van der Waals surface area contributed by atoms with Gasteiger partial charge in [-0.05, 0) is 19.3 Å². The van der Waals surface area contributed by atoms with Crippen molar-refractivity contribution in [2.24, 2.45) is 5.41 Å². The molecule has 4 heteroatoms. The zero-order chi connectivity index (χ0) is 10.0. The molecule has 2 rings (SSSR count). The summed E-state index contributed by atoms with van der Waals surface area (Å²) in [7, 11) is 0. The van der Waals surface area contributed by atoms with E-state index >= 15 is 0 Å². The Hall–Kier alpha value is -0.770. The molecule has 4 nitrogen and oxygen atoms in total. The molecule has 0 amide bonds. The van der Waals surface area contributed by atoms with Gasteiger partial charge >= 0.3 is 6.16 Å². The molecule has 0 aromatic carbocycles. The van der Waals surface area contributed by atoms with E-state index in [2.05, 4.69) is 0 Å². The minimum atomic E-state index is -0.564. The Morgan fingerprint density at radius 1 is 1.43 bits per heavy atom. The van der Waals surface area contributed by atoms with Crippen LogP contribution < -0.4 is 0 Å². The van der Waals surface area contributed by atoms with E-state index in [-0.39, 0.29) is 5.41 Å². The van der Waals surface area contributed by atoms with E-state index in [1.165, 1.54) is 6.42 Å². The topological polar surface area (TPSA) is 44.8 Å². The molecule has 14 heavy (non-hydrogen) atoms. The van der Waals surface area contributed by atoms with Crippen LogP contribution in [0, 0.1) is 5.41 Å². The minimum Gasteiger partial charge on any atom is -0.433 e. The van der Waals surface area contributed by atoms with Crippen molar-refractivity contribution in [3.8, 4) is 0 Å². The van der Waals surface area contributed by atoms with Gasteiger partial charge in [-0.25, -0.2) is 4.79 Å². The Morgan fingerprint density at radius 2 is 2.07 bits per heavy atom. The average molecular weight is 200 g/mol. The number of hydrogen-bond donors (Lipinski definition) is 0. The number of cyclic esters (lactones) is 2. The van der Waals surface area contributed by atoms with Crippen LogP contribution in [0.1, 0.15) is 26.2 Å². The van der Waals surface area contributed by atoms with Crippen molar-refractivity contribution in [3.63, 3.8) is 0 Å². The maximum Gasteiger partial charge on any atom is 0.508 e. The summed E-state index contributed by atoms with van der Waals surface area (Å²) in [5, 5.41) is 0. The molecule has 0 unspecified atom stereocenters. The Bertz CT molecular complexity index is 212. The van der Waals surface area contributed by atoms with Crippen molar-refractivity contribution >= 4 is 6.16 Å². The van der Waals surface area contributed by atoms with Crippen molar-refractivity contribution in [1.82, 2.24) is 0 Å². The molecular formula is C10H16O4. The summed E-state index contributed by atoms with van der Waals surface area (Å²) in [6.07, 6.45) is 3.45. The molecule has 2 fully saturated rings. The van der Waals surface area contributed by atoms with Crippen LogP contribution in [0.2, 0.25) is 0 Å². The van der Waals surface area contributed by atoms with Gasteiger partial charge < -0.3 is 14.2 Å². The molecular weight excluding hydrogens is 184 g/mol. The van der Waals surface area contributed by atoms with Crippen molar-refractivity contribution in [2.75, 3.05) is 19.8 Å². The van der Waals surface area contributed by atoms with E-state index < -0.39 is 6.16 Å². The lowest BCUT2D eigenvalue weighted by Crippen LogP contribution is -2.42. The summed E-state index contributed by atoms with van der Waals surface area (Å²) in [6, 6.07) is 0. The van der Waals surface area contributed by atoms with Crippen LogP contribution in [0.25, 0.3) is 0 Å². The Morgan fingerprint density at radius 3 is 2.57 bits per heavy atom. The van der Waals surface area contributed by atoms with Gasteiger partial charge in [0.05, 0.1) is 18.1 Å². The second kappa shape index (κ2) is 3.77. The summed E-state index contributed by atoms with van der Waals surface area (Å²) in [6.45, 7) is 3.43. The van der Waals surface area contributed by atoms with Crippen LogP contribution in [-0.4, -0.2) is 32.1 Å². The lowest BCUT2D eigenvalue weighted by molar-refractivity contribution is -0.109. The molecule has 1 saturated heterocycles. The van der Waals surface area contributed by atoms with Crippen LogP contribution >= 0.6 is 0 Å². The summed E-state index contributed by atoms with van der Waals surface area (Å²) >= 11 is 0. The van der Waals surface area contributed by atoms with Crippen LogP contribution in [0.3, 0.4) is 0 Å². The van der Waals surface area contributed by atoms with Crippen molar-refractivity contribution in [1.29, 1.82) is 0 Å². The van der Waals surface area contributed by atoms with Crippen LogP contribution in [0.5, 0.6) is 0 Å². The first-order chi connectivity index (χ1) is 6.68. The lowest BCUT2D eigenvalue weighted by Gasteiger charge is -2.35. The molecule has 0 bridgehead atoms. The zero-order valence-corrected chi connectivity index (χ0v) is 8.45. The monoisotopic (exact) mass is 200 g/mol. The first-order valence-electron chi connectivity index (χ1n) is 5.09. The number of carbonyl (C=O) groups excluding carboxylic acids is 1. The summed E-state index contributed by atoms with van der Waals surface area (Å²) < 4.78 is 15.4. The van der Waals surface area contributed by atoms with Gasteiger partial charge in [-0.15, -0.1) is 0 Å². The highest BCUT2D eigenvalue weighted by atomic mass is 16.7. The number of ether oxygens (including phenoxy) is 3. The highest BCUT2D eigenvalue weighted by molar-refractivity contribution is 5.60. The maximum atomic E-state index is 10.7. The fourth-order valence-electron chi connectivity index (χ4n) is 1.49. The molecule has 80 valence electrons. The van der Waals surface area contributed by atoms with E-state index in [0.29, 0.717) is 25.9 Å². The molecule has 0 atom stereocenters. The van der Waals surface area contributed by atoms with Gasteiger partial charge in [-0.2, -0.15) is 0 Å². The number of rotatable bonds is 3. The van der Waals surface area contributed by atoms with Gasteiger partial charge in [0.25, 0.3) is 0 Å². The first-order valence-corrected chi connectivity index (χ1v) is 5.09. The molecule has 1 heterocycles. The van der Waals surface area contributed by atoms with E-state index in [0.717, 1.165) is 12.8 Å². The average Bonchev–Trinajstić information content (AvgIpc) is 2.08. The molecule has 0 spiro atoms. The van der Waals surface area contributed by atoms with Gasteiger partial charge in [-0.1, -0.05) is 6.92 Å². The largest absolute Gasteiger partial charge is 0.508 e. The van der Waals surface area contributed by atoms with E-state index in [1.807, 2.05) is 6.92 Å². The third kappa shape index (κ3) is 2.18. The lowest BCUT2D eigenvalue weighted by atomic mass is 9.92. The number of carbonyl (C=O) groups is 1. The molecule has 2 aliphatic rings. The quantitative estimate of drug-likeness (QED) is 0.651. The van der Waals surface area contributed by atoms with Crippen molar-refractivity contribution in [2.45, 2.75) is 32.3 Å². The summed E-state index contributed by atoms with van der Waals surface area (Å²) in [4.78, 5) is 10.7. The van der Waals surface area contributed by atoms with Crippen LogP contribution in [0.15, 0.2) is 0 Å². The Balaban J connectivity index is 1.74. The molecule has 0 aromatic rings. The molecule has 1 aliphatic heterocycles. The highest BCUT2D eigenvalue weighted by Crippen LogP contribution is 2.27. The summed E-state index contributed by atoms with van der Waals surface area (Å²) in [5.41, 5.74) is -0.163. The van der Waals surface area contributed by atoms with Gasteiger partial charge in [0.15, 0.2) is 0 Å². The minimum absolute atomic E-state index is 0.163. The predicted molar refractivity (Wildman–Crippen MR) is 49.0 cm³/mol. The second-order valence-electron chi connectivity index (χ2n) is 4.50. The van der Waals surface area contributed by atoms with Gasteiger partial charge in [0, 0.05) is 0 Å². The maximum absolute atomic E-state index is 10.7. The number of hydrogen-bond acceptors (Lipinski definition) is 4. The molecule has 0 radical (unpaired) electrons. The Labute approximate surface area is 83.5 Å². The van der Waals surface area contributed by atoms with Gasteiger partial charge in [0.2, 0.25) is 0 Å². The molecule has 1 aliphatic carbocycles. The first kappa shape index (κ1) is 9.77. The molecule has 0 N–H and O–H groups in total. The van der Waals surface area contributed by atoms with E-state index in [1.54, 1.807) is 0 Å². The summed E-state index contributed by atoms with van der Waals surface area (Å²) in [5.74, 6) is 0. The van der Waals surface area contributed by atoms with Gasteiger partial charge in [0.1, 0.15) is 13.2 Å². The third-order valence-electron chi connectivity index (χ3n) is 2.80. The van der Waals surface area contributed by atoms with E-state index in [4.69, 9.17) is 14.2 Å². The van der Waals surface area contributed by atoms with E-state index in [9.17, 15) is 4.79 Å². The fraction of sp³-hybridized carbons (Fsp3) is 0.900. The van der Waals surface area contributed by atoms with Gasteiger partial charge in [-0.3, -0.25) is 0 Å². The molecule has 1 saturated carbocycles. The Kier molecular flexibility index (Phi) is 2.63.